The number of rotatable bonds is 6. The maximum absolute atomic E-state index is 14.1. The zero-order valence-corrected chi connectivity index (χ0v) is 19.0. The van der Waals surface area contributed by atoms with Crippen LogP contribution in [0.3, 0.4) is 0 Å². The molecule has 4 rings (SSSR count). The molecule has 2 saturated heterocycles. The van der Waals surface area contributed by atoms with Gasteiger partial charge in [-0.1, -0.05) is 12.1 Å². The van der Waals surface area contributed by atoms with Gasteiger partial charge in [-0.25, -0.2) is 8.78 Å². The number of hydrogen-bond acceptors (Lipinski definition) is 6. The minimum atomic E-state index is -1.26. The van der Waals surface area contributed by atoms with E-state index in [4.69, 9.17) is 9.47 Å². The molecule has 2 N–H and O–H groups in total. The first kappa shape index (κ1) is 23.9. The van der Waals surface area contributed by atoms with Gasteiger partial charge in [-0.05, 0) is 55.7 Å². The van der Waals surface area contributed by atoms with E-state index in [0.717, 1.165) is 0 Å². The van der Waals surface area contributed by atoms with Crippen LogP contribution in [0.4, 0.5) is 14.5 Å². The number of β-amino-alcohol motifs (C(OH)–C–C–N with tert-alkyl or cyclic N) is 2. The van der Waals surface area contributed by atoms with Crippen molar-refractivity contribution in [3.05, 3.63) is 59.7 Å². The highest BCUT2D eigenvalue weighted by Gasteiger charge is 2.39. The number of anilines is 1. The average Bonchev–Trinajstić information content (AvgIpc) is 2.97. The summed E-state index contributed by atoms with van der Waals surface area (Å²) in [7, 11) is 0. The second-order valence-corrected chi connectivity index (χ2v) is 9.35. The van der Waals surface area contributed by atoms with E-state index < -0.39 is 11.2 Å². The molecule has 0 radical (unpaired) electrons. The Morgan fingerprint density at radius 3 is 2.48 bits per heavy atom. The van der Waals surface area contributed by atoms with Crippen LogP contribution < -0.4 is 9.64 Å². The van der Waals surface area contributed by atoms with Crippen molar-refractivity contribution in [1.82, 2.24) is 4.90 Å². The van der Waals surface area contributed by atoms with Gasteiger partial charge in [-0.2, -0.15) is 0 Å². The van der Waals surface area contributed by atoms with Gasteiger partial charge < -0.3 is 24.6 Å². The van der Waals surface area contributed by atoms with Gasteiger partial charge in [0.15, 0.2) is 0 Å². The van der Waals surface area contributed by atoms with Gasteiger partial charge in [0, 0.05) is 32.7 Å². The molecule has 6 nitrogen and oxygen atoms in total. The Balaban J connectivity index is 1.34. The third-order valence-electron chi connectivity index (χ3n) is 6.48. The van der Waals surface area contributed by atoms with Crippen molar-refractivity contribution in [2.75, 3.05) is 57.4 Å². The van der Waals surface area contributed by atoms with Crippen LogP contribution in [-0.2, 0) is 4.74 Å². The maximum atomic E-state index is 14.1. The molecule has 0 aliphatic carbocycles. The molecule has 2 aliphatic rings. The normalized spacial score (nSPS) is 23.8. The fourth-order valence-corrected chi connectivity index (χ4v) is 4.59. The molecular weight excluding hydrogens is 430 g/mol. The van der Waals surface area contributed by atoms with Crippen molar-refractivity contribution in [3.63, 3.8) is 0 Å². The highest BCUT2D eigenvalue weighted by Crippen LogP contribution is 2.29. The topological polar surface area (TPSA) is 65.4 Å². The Labute approximate surface area is 193 Å². The van der Waals surface area contributed by atoms with Crippen molar-refractivity contribution < 1.29 is 28.5 Å². The van der Waals surface area contributed by atoms with Crippen LogP contribution in [0.1, 0.15) is 18.4 Å². The Kier molecular flexibility index (Phi) is 7.19. The number of para-hydroxylation sites is 1. The molecule has 0 aromatic heterocycles. The van der Waals surface area contributed by atoms with Gasteiger partial charge in [0.1, 0.15) is 29.6 Å². The van der Waals surface area contributed by atoms with Crippen LogP contribution in [-0.4, -0.2) is 78.9 Å². The summed E-state index contributed by atoms with van der Waals surface area (Å²) in [5.74, 6) is -0.0781. The van der Waals surface area contributed by atoms with Crippen LogP contribution >= 0.6 is 0 Å². The molecule has 0 bridgehead atoms. The second-order valence-electron chi connectivity index (χ2n) is 9.35. The third-order valence-corrected chi connectivity index (χ3v) is 6.48. The van der Waals surface area contributed by atoms with Crippen molar-refractivity contribution in [1.29, 1.82) is 0 Å². The first-order valence-corrected chi connectivity index (χ1v) is 11.4. The quantitative estimate of drug-likeness (QED) is 0.689. The summed E-state index contributed by atoms with van der Waals surface area (Å²) in [5.41, 5.74) is -1.15. The number of nitrogens with zero attached hydrogens (tertiary/aromatic N) is 2. The zero-order valence-electron chi connectivity index (χ0n) is 19.0. The molecule has 2 fully saturated rings. The van der Waals surface area contributed by atoms with Crippen LogP contribution in [0.25, 0.3) is 0 Å². The lowest BCUT2D eigenvalue weighted by Gasteiger charge is -2.42. The minimum absolute atomic E-state index is 0.00589. The molecule has 0 amide bonds. The maximum Gasteiger partial charge on any atom is 0.146 e. The lowest BCUT2D eigenvalue weighted by molar-refractivity contribution is -0.0742. The average molecular weight is 463 g/mol. The standard InChI is InChI=1S/C25H32F2N2O4/c1-19-14-20(6-7-21(19)26)33-18-25(31)16-28(12-13-32-17-25)15-24(30)8-10-29(11-9-24)23-5-3-2-4-22(23)27/h2-7,14,30-31H,8-13,15-18H2,1H3. The first-order chi connectivity index (χ1) is 15.8. The van der Waals surface area contributed by atoms with Gasteiger partial charge in [-0.15, -0.1) is 0 Å². The first-order valence-electron chi connectivity index (χ1n) is 11.4. The molecule has 2 heterocycles. The number of aryl methyl sites for hydroxylation is 1. The monoisotopic (exact) mass is 462 g/mol. The smallest absolute Gasteiger partial charge is 0.146 e. The summed E-state index contributed by atoms with van der Waals surface area (Å²) in [6.07, 6.45) is 1.00. The number of benzene rings is 2. The Morgan fingerprint density at radius 1 is 1.00 bits per heavy atom. The third kappa shape index (κ3) is 6.00. The fraction of sp³-hybridized carbons (Fsp3) is 0.520. The molecule has 0 spiro atoms. The molecule has 2 aromatic carbocycles. The van der Waals surface area contributed by atoms with E-state index in [1.165, 1.54) is 18.2 Å². The van der Waals surface area contributed by atoms with Crippen LogP contribution in [0.15, 0.2) is 42.5 Å². The Morgan fingerprint density at radius 2 is 1.76 bits per heavy atom. The van der Waals surface area contributed by atoms with Gasteiger partial charge in [0.05, 0.1) is 24.5 Å². The molecule has 8 heteroatoms. The fourth-order valence-electron chi connectivity index (χ4n) is 4.59. The van der Waals surface area contributed by atoms with E-state index >= 15 is 0 Å². The molecule has 2 aromatic rings. The highest BCUT2D eigenvalue weighted by molar-refractivity contribution is 5.48. The molecule has 2 aliphatic heterocycles. The van der Waals surface area contributed by atoms with Crippen molar-refractivity contribution in [2.24, 2.45) is 0 Å². The van der Waals surface area contributed by atoms with Gasteiger partial charge in [0.25, 0.3) is 0 Å². The Bertz CT molecular complexity index is 952. The van der Waals surface area contributed by atoms with Gasteiger partial charge >= 0.3 is 0 Å². The van der Waals surface area contributed by atoms with Gasteiger partial charge in [0.2, 0.25) is 0 Å². The van der Waals surface area contributed by atoms with Crippen LogP contribution in [0.2, 0.25) is 0 Å². The van der Waals surface area contributed by atoms with Crippen molar-refractivity contribution in [2.45, 2.75) is 31.0 Å². The van der Waals surface area contributed by atoms with E-state index in [1.54, 1.807) is 25.1 Å². The zero-order chi connectivity index (χ0) is 23.5. The van der Waals surface area contributed by atoms with E-state index in [0.29, 0.717) is 62.6 Å². The second kappa shape index (κ2) is 9.93. The van der Waals surface area contributed by atoms with Crippen molar-refractivity contribution in [3.8, 4) is 5.75 Å². The summed E-state index contributed by atoms with van der Waals surface area (Å²) >= 11 is 0. The number of halogens is 2. The SMILES string of the molecule is Cc1cc(OCC2(O)COCCN(CC3(O)CCN(c4ccccc4F)CC3)C2)ccc1F. The number of hydrogen-bond donors (Lipinski definition) is 2. The summed E-state index contributed by atoms with van der Waals surface area (Å²) in [4.78, 5) is 3.97. The predicted molar refractivity (Wildman–Crippen MR) is 122 cm³/mol. The van der Waals surface area contributed by atoms with Gasteiger partial charge in [-0.3, -0.25) is 4.90 Å². The van der Waals surface area contributed by atoms with E-state index in [1.807, 2.05) is 15.9 Å². The summed E-state index contributed by atoms with van der Waals surface area (Å²) in [6, 6.07) is 11.2. The predicted octanol–water partition coefficient (Wildman–Crippen LogP) is 2.75. The molecule has 1 atom stereocenters. The highest BCUT2D eigenvalue weighted by atomic mass is 19.1. The van der Waals surface area contributed by atoms with Crippen LogP contribution in [0.5, 0.6) is 5.75 Å². The Hall–Kier alpha value is -2.26. The van der Waals surface area contributed by atoms with E-state index in [9.17, 15) is 19.0 Å². The minimum Gasteiger partial charge on any atom is -0.490 e. The molecule has 33 heavy (non-hydrogen) atoms. The summed E-state index contributed by atoms with van der Waals surface area (Å²) in [5, 5.41) is 22.4. The molecule has 0 saturated carbocycles. The molecule has 180 valence electrons. The molecule has 1 unspecified atom stereocenters. The number of aliphatic hydroxyl groups is 2. The summed E-state index contributed by atoms with van der Waals surface area (Å²) in [6.45, 7) is 4.57. The lowest BCUT2D eigenvalue weighted by Crippen LogP contribution is -2.55. The number of piperidine rings is 1. The van der Waals surface area contributed by atoms with Crippen LogP contribution in [0, 0.1) is 18.6 Å². The number of ether oxygens (including phenoxy) is 2. The summed E-state index contributed by atoms with van der Waals surface area (Å²) < 4.78 is 39.0. The van der Waals surface area contributed by atoms with Crippen molar-refractivity contribution >= 4 is 5.69 Å². The van der Waals surface area contributed by atoms with E-state index in [-0.39, 0.29) is 31.4 Å². The largest absolute Gasteiger partial charge is 0.490 e. The van der Waals surface area contributed by atoms with E-state index in [2.05, 4.69) is 0 Å². The molecular formula is C25H32F2N2O4. The lowest BCUT2D eigenvalue weighted by atomic mass is 9.90.